The Morgan fingerprint density at radius 1 is 0.800 bits per heavy atom. The van der Waals surface area contributed by atoms with Crippen LogP contribution in [-0.4, -0.2) is 46.6 Å². The lowest BCUT2D eigenvalue weighted by Gasteiger charge is -2.45. The van der Waals surface area contributed by atoms with Crippen molar-refractivity contribution in [2.75, 3.05) is 44.5 Å². The van der Waals surface area contributed by atoms with E-state index in [1.807, 2.05) is 40.3 Å². The minimum absolute atomic E-state index is 0.232. The Balaban J connectivity index is 1.72. The Morgan fingerprint density at radius 2 is 1.40 bits per heavy atom. The first-order valence-corrected chi connectivity index (χ1v) is 14.3. The largest absolute Gasteiger partial charge is 0.441 e. The SMILES string of the molecule is CCCCCCNC(=O)c1cccc2c1C(=O)OC21c2ccc(N(C)C)cc2C(C)(C)c2cc(N(C)C)ccc21. The van der Waals surface area contributed by atoms with E-state index >= 15 is 0 Å². The van der Waals surface area contributed by atoms with Crippen LogP contribution >= 0.6 is 0 Å². The van der Waals surface area contributed by atoms with Crippen molar-refractivity contribution in [1.29, 1.82) is 0 Å². The zero-order valence-electron chi connectivity index (χ0n) is 24.9. The zero-order chi connectivity index (χ0) is 28.8. The lowest BCUT2D eigenvalue weighted by Crippen LogP contribution is -2.41. The molecule has 0 saturated heterocycles. The van der Waals surface area contributed by atoms with Crippen LogP contribution in [-0.2, 0) is 15.8 Å². The molecule has 1 aliphatic heterocycles. The first kappa shape index (κ1) is 27.8. The van der Waals surface area contributed by atoms with Gasteiger partial charge >= 0.3 is 5.97 Å². The number of benzene rings is 3. The first-order valence-electron chi connectivity index (χ1n) is 14.3. The van der Waals surface area contributed by atoms with Crippen molar-refractivity contribution in [3.05, 3.63) is 93.5 Å². The van der Waals surface area contributed by atoms with Crippen LogP contribution < -0.4 is 15.1 Å². The maximum Gasteiger partial charge on any atom is 0.340 e. The van der Waals surface area contributed by atoms with Crippen molar-refractivity contribution >= 4 is 23.3 Å². The molecule has 0 saturated carbocycles. The number of esters is 1. The van der Waals surface area contributed by atoms with Crippen LogP contribution in [0.1, 0.15) is 95.0 Å². The summed E-state index contributed by atoms with van der Waals surface area (Å²) in [7, 11) is 8.12. The summed E-state index contributed by atoms with van der Waals surface area (Å²) in [5.41, 5.74) is 6.22. The Kier molecular flexibility index (Phi) is 7.15. The van der Waals surface area contributed by atoms with Gasteiger partial charge < -0.3 is 19.9 Å². The molecule has 0 unspecified atom stereocenters. The molecular formula is C34H41N3O3. The normalized spacial score (nSPS) is 15.6. The molecule has 0 bridgehead atoms. The molecule has 0 atom stereocenters. The molecule has 1 N–H and O–H groups in total. The van der Waals surface area contributed by atoms with Gasteiger partial charge in [-0.2, -0.15) is 0 Å². The number of unbranched alkanes of at least 4 members (excludes halogenated alkanes) is 3. The van der Waals surface area contributed by atoms with Gasteiger partial charge in [-0.3, -0.25) is 4.79 Å². The Labute approximate surface area is 238 Å². The van der Waals surface area contributed by atoms with Gasteiger partial charge in [-0.15, -0.1) is 0 Å². The highest BCUT2D eigenvalue weighted by atomic mass is 16.6. The van der Waals surface area contributed by atoms with Crippen molar-refractivity contribution < 1.29 is 14.3 Å². The van der Waals surface area contributed by atoms with Gasteiger partial charge in [-0.05, 0) is 47.9 Å². The number of hydrogen-bond donors (Lipinski definition) is 1. The molecule has 0 aromatic heterocycles. The molecular weight excluding hydrogens is 498 g/mol. The van der Waals surface area contributed by atoms with Crippen LogP contribution in [0.3, 0.4) is 0 Å². The van der Waals surface area contributed by atoms with E-state index in [4.69, 9.17) is 4.74 Å². The third-order valence-electron chi connectivity index (χ3n) is 8.60. The summed E-state index contributed by atoms with van der Waals surface area (Å²) in [6.07, 6.45) is 4.27. The molecule has 1 amide bonds. The van der Waals surface area contributed by atoms with Gasteiger partial charge in [-0.1, -0.05) is 64.3 Å². The van der Waals surface area contributed by atoms with E-state index in [1.165, 1.54) is 0 Å². The van der Waals surface area contributed by atoms with Crippen molar-refractivity contribution in [2.45, 2.75) is 57.5 Å². The standard InChI is InChI=1S/C34H41N3O3/c1-8-9-10-11-19-35-31(38)24-13-12-14-27-30(24)32(39)40-34(27)25-17-15-22(36(4)5)20-28(25)33(2,3)29-21-23(37(6)7)16-18-26(29)34/h12-18,20-21H,8-11,19H2,1-7H3,(H,35,38). The molecule has 3 aromatic carbocycles. The van der Waals surface area contributed by atoms with Crippen LogP contribution in [0.15, 0.2) is 54.6 Å². The van der Waals surface area contributed by atoms with Crippen LogP contribution in [0.5, 0.6) is 0 Å². The van der Waals surface area contributed by atoms with Crippen LogP contribution in [0, 0.1) is 0 Å². The fraction of sp³-hybridized carbons (Fsp3) is 0.412. The first-order chi connectivity index (χ1) is 19.0. The van der Waals surface area contributed by atoms with Crippen molar-refractivity contribution in [3.8, 4) is 0 Å². The van der Waals surface area contributed by atoms with E-state index in [0.717, 1.165) is 64.9 Å². The molecule has 0 fully saturated rings. The molecule has 210 valence electrons. The highest BCUT2D eigenvalue weighted by molar-refractivity contribution is 6.09. The topological polar surface area (TPSA) is 61.9 Å². The summed E-state index contributed by atoms with van der Waals surface area (Å²) >= 11 is 0. The summed E-state index contributed by atoms with van der Waals surface area (Å²) in [4.78, 5) is 31.3. The number of hydrogen-bond acceptors (Lipinski definition) is 5. The molecule has 1 spiro atoms. The average molecular weight is 540 g/mol. The Hall–Kier alpha value is -3.80. The van der Waals surface area contributed by atoms with Gasteiger partial charge in [0.15, 0.2) is 5.60 Å². The summed E-state index contributed by atoms with van der Waals surface area (Å²) < 4.78 is 6.51. The van der Waals surface area contributed by atoms with Crippen molar-refractivity contribution in [3.63, 3.8) is 0 Å². The van der Waals surface area contributed by atoms with E-state index in [2.05, 4.69) is 72.3 Å². The van der Waals surface area contributed by atoms with Crippen molar-refractivity contribution in [2.24, 2.45) is 0 Å². The predicted molar refractivity (Wildman–Crippen MR) is 162 cm³/mol. The monoisotopic (exact) mass is 539 g/mol. The summed E-state index contributed by atoms with van der Waals surface area (Å²) in [6.45, 7) is 7.22. The number of carbonyl (C=O) groups is 2. The summed E-state index contributed by atoms with van der Waals surface area (Å²) in [5.74, 6) is -0.693. The second-order valence-electron chi connectivity index (χ2n) is 12.0. The number of anilines is 2. The number of nitrogens with zero attached hydrogens (tertiary/aromatic N) is 2. The van der Waals surface area contributed by atoms with Gasteiger partial charge in [0.25, 0.3) is 5.91 Å². The molecule has 6 heteroatoms. The second kappa shape index (κ2) is 10.3. The Bertz CT molecular complexity index is 1410. The van der Waals surface area contributed by atoms with Crippen LogP contribution in [0.2, 0.25) is 0 Å². The fourth-order valence-corrected chi connectivity index (χ4v) is 6.31. The van der Waals surface area contributed by atoms with E-state index in [9.17, 15) is 9.59 Å². The molecule has 6 nitrogen and oxygen atoms in total. The van der Waals surface area contributed by atoms with Crippen LogP contribution in [0.25, 0.3) is 0 Å². The number of nitrogens with one attached hydrogen (secondary N) is 1. The highest BCUT2D eigenvalue weighted by Crippen LogP contribution is 2.57. The average Bonchev–Trinajstić information content (AvgIpc) is 3.24. The summed E-state index contributed by atoms with van der Waals surface area (Å²) in [6, 6.07) is 18.3. The Morgan fingerprint density at radius 3 is 1.95 bits per heavy atom. The third-order valence-corrected chi connectivity index (χ3v) is 8.60. The molecule has 0 radical (unpaired) electrons. The van der Waals surface area contributed by atoms with E-state index in [-0.39, 0.29) is 11.3 Å². The van der Waals surface area contributed by atoms with Gasteiger partial charge in [0.2, 0.25) is 0 Å². The quantitative estimate of drug-likeness (QED) is 0.272. The molecule has 40 heavy (non-hydrogen) atoms. The molecule has 1 aliphatic carbocycles. The van der Waals surface area contributed by atoms with Gasteiger partial charge in [0.05, 0.1) is 11.1 Å². The molecule has 5 rings (SSSR count). The molecule has 3 aromatic rings. The van der Waals surface area contributed by atoms with Crippen molar-refractivity contribution in [1.82, 2.24) is 5.32 Å². The maximum absolute atomic E-state index is 13.8. The fourth-order valence-electron chi connectivity index (χ4n) is 6.31. The van der Waals surface area contributed by atoms with Crippen LogP contribution in [0.4, 0.5) is 11.4 Å². The number of rotatable bonds is 8. The van der Waals surface area contributed by atoms with Gasteiger partial charge in [0, 0.05) is 68.2 Å². The number of fused-ring (bicyclic) bond motifs is 6. The van der Waals surface area contributed by atoms with Gasteiger partial charge in [0.1, 0.15) is 0 Å². The second-order valence-corrected chi connectivity index (χ2v) is 12.0. The number of carbonyl (C=O) groups excluding carboxylic acids is 2. The predicted octanol–water partition coefficient (Wildman–Crippen LogP) is 6.23. The lowest BCUT2D eigenvalue weighted by molar-refractivity contribution is 0.0230. The minimum Gasteiger partial charge on any atom is -0.441 e. The highest BCUT2D eigenvalue weighted by Gasteiger charge is 2.56. The lowest BCUT2D eigenvalue weighted by atomic mass is 9.61. The number of ether oxygens (including phenoxy) is 1. The third kappa shape index (κ3) is 4.25. The maximum atomic E-state index is 13.8. The van der Waals surface area contributed by atoms with E-state index < -0.39 is 11.6 Å². The van der Waals surface area contributed by atoms with Gasteiger partial charge in [-0.25, -0.2) is 4.79 Å². The van der Waals surface area contributed by atoms with E-state index in [1.54, 1.807) is 6.07 Å². The molecule has 2 aliphatic rings. The summed E-state index contributed by atoms with van der Waals surface area (Å²) in [5, 5.41) is 3.03. The zero-order valence-corrected chi connectivity index (χ0v) is 24.9. The smallest absolute Gasteiger partial charge is 0.340 e. The number of amides is 1. The molecule has 1 heterocycles. The minimum atomic E-state index is -1.14. The van der Waals surface area contributed by atoms with E-state index in [0.29, 0.717) is 17.7 Å².